The quantitative estimate of drug-likeness (QED) is 0.504. The van der Waals surface area contributed by atoms with Crippen LogP contribution in [0.2, 0.25) is 0 Å². The normalized spacial score (nSPS) is 32.3. The minimum Gasteiger partial charge on any atom is -0.392 e. The molecule has 0 aromatic heterocycles. The Morgan fingerprint density at radius 3 is 2.73 bits per heavy atom. The highest BCUT2D eigenvalue weighted by molar-refractivity contribution is 5.81. The van der Waals surface area contributed by atoms with Gasteiger partial charge in [0.2, 0.25) is 5.91 Å². The van der Waals surface area contributed by atoms with Crippen LogP contribution in [0, 0.1) is 0 Å². The lowest BCUT2D eigenvalue weighted by Crippen LogP contribution is -2.39. The molecule has 1 fully saturated rings. The third-order valence-corrected chi connectivity index (χ3v) is 2.08. The number of aliphatic hydroxyl groups excluding tert-OH is 1. The van der Waals surface area contributed by atoms with Crippen molar-refractivity contribution < 1.29 is 9.90 Å². The first-order chi connectivity index (χ1) is 5.15. The van der Waals surface area contributed by atoms with Gasteiger partial charge in [-0.2, -0.15) is 0 Å². The van der Waals surface area contributed by atoms with E-state index in [0.717, 1.165) is 0 Å². The van der Waals surface area contributed by atoms with E-state index in [1.54, 1.807) is 7.05 Å². The van der Waals surface area contributed by atoms with Crippen molar-refractivity contribution >= 4 is 5.91 Å². The molecule has 1 heterocycles. The summed E-state index contributed by atoms with van der Waals surface area (Å²) in [5.41, 5.74) is 0. The van der Waals surface area contributed by atoms with Crippen molar-refractivity contribution in [2.45, 2.75) is 18.6 Å². The van der Waals surface area contributed by atoms with E-state index in [2.05, 4.69) is 5.32 Å². The zero-order valence-electron chi connectivity index (χ0n) is 6.87. The zero-order valence-corrected chi connectivity index (χ0v) is 6.87. The van der Waals surface area contributed by atoms with Gasteiger partial charge in [0.15, 0.2) is 0 Å². The number of aliphatic hydroxyl groups is 1. The lowest BCUT2D eigenvalue weighted by Gasteiger charge is -2.16. The molecule has 0 aromatic carbocycles. The predicted octanol–water partition coefficient (Wildman–Crippen LogP) is -1.20. The van der Waals surface area contributed by atoms with Gasteiger partial charge in [-0.1, -0.05) is 0 Å². The van der Waals surface area contributed by atoms with Crippen LogP contribution in [-0.2, 0) is 4.79 Å². The number of hydrogen-bond donors (Lipinski definition) is 2. The molecule has 1 saturated heterocycles. The number of nitrogens with zero attached hydrogens (tertiary/aromatic N) is 1. The highest BCUT2D eigenvalue weighted by Crippen LogP contribution is 2.14. The van der Waals surface area contributed by atoms with Crippen molar-refractivity contribution in [1.82, 2.24) is 10.2 Å². The summed E-state index contributed by atoms with van der Waals surface area (Å²) in [6.45, 7) is 0.595. The van der Waals surface area contributed by atoms with Crippen LogP contribution in [0.3, 0.4) is 0 Å². The van der Waals surface area contributed by atoms with Gasteiger partial charge in [-0.05, 0) is 13.5 Å². The summed E-state index contributed by atoms with van der Waals surface area (Å²) in [7, 11) is 3.46. The van der Waals surface area contributed by atoms with Gasteiger partial charge in [0.1, 0.15) is 0 Å². The maximum atomic E-state index is 11.1. The number of carbonyl (C=O) groups excluding carboxylic acids is 1. The SMILES string of the molecule is CNC(=O)[C@@H]1C[C@@H](O)CN1C. The molecule has 0 bridgehead atoms. The van der Waals surface area contributed by atoms with Crippen LogP contribution in [0.1, 0.15) is 6.42 Å². The van der Waals surface area contributed by atoms with E-state index < -0.39 is 0 Å². The standard InChI is InChI=1S/C7H14N2O2/c1-8-7(11)6-3-5(10)4-9(6)2/h5-6,10H,3-4H2,1-2H3,(H,8,11)/t5-,6+/m1/s1. The number of likely N-dealkylation sites (N-methyl/N-ethyl adjacent to an activating group) is 2. The fraction of sp³-hybridized carbons (Fsp3) is 0.857. The fourth-order valence-electron chi connectivity index (χ4n) is 1.45. The summed E-state index contributed by atoms with van der Waals surface area (Å²) in [5.74, 6) is -0.0101. The Bertz CT molecular complexity index is 161. The number of hydrogen-bond acceptors (Lipinski definition) is 3. The first-order valence-electron chi connectivity index (χ1n) is 3.75. The number of β-amino-alcohol motifs (C(OH)–C–C–N with tert-alkyl or cyclic N) is 1. The molecule has 2 N–H and O–H groups in total. The van der Waals surface area contributed by atoms with Gasteiger partial charge in [0, 0.05) is 13.6 Å². The molecule has 1 rings (SSSR count). The summed E-state index contributed by atoms with van der Waals surface area (Å²) in [6, 6.07) is -0.144. The smallest absolute Gasteiger partial charge is 0.237 e. The number of carbonyl (C=O) groups is 1. The highest BCUT2D eigenvalue weighted by Gasteiger charge is 2.32. The topological polar surface area (TPSA) is 52.6 Å². The summed E-state index contributed by atoms with van der Waals surface area (Å²) in [6.07, 6.45) is 0.207. The van der Waals surface area contributed by atoms with Crippen molar-refractivity contribution in [3.63, 3.8) is 0 Å². The van der Waals surface area contributed by atoms with E-state index in [9.17, 15) is 9.90 Å². The molecule has 0 radical (unpaired) electrons. The number of amides is 1. The van der Waals surface area contributed by atoms with Crippen LogP contribution in [0.25, 0.3) is 0 Å². The van der Waals surface area contributed by atoms with E-state index in [0.29, 0.717) is 13.0 Å². The van der Waals surface area contributed by atoms with Gasteiger partial charge in [-0.25, -0.2) is 0 Å². The molecular weight excluding hydrogens is 144 g/mol. The molecule has 1 amide bonds. The second kappa shape index (κ2) is 3.19. The third-order valence-electron chi connectivity index (χ3n) is 2.08. The van der Waals surface area contributed by atoms with Crippen LogP contribution >= 0.6 is 0 Å². The van der Waals surface area contributed by atoms with Gasteiger partial charge < -0.3 is 10.4 Å². The van der Waals surface area contributed by atoms with E-state index >= 15 is 0 Å². The predicted molar refractivity (Wildman–Crippen MR) is 41.1 cm³/mol. The third kappa shape index (κ3) is 1.70. The molecule has 0 unspecified atom stereocenters. The molecule has 11 heavy (non-hydrogen) atoms. The number of rotatable bonds is 1. The maximum Gasteiger partial charge on any atom is 0.237 e. The van der Waals surface area contributed by atoms with Crippen LogP contribution in [0.15, 0.2) is 0 Å². The van der Waals surface area contributed by atoms with E-state index in [-0.39, 0.29) is 18.1 Å². The average molecular weight is 158 g/mol. The Kier molecular flexibility index (Phi) is 2.46. The van der Waals surface area contributed by atoms with Gasteiger partial charge >= 0.3 is 0 Å². The van der Waals surface area contributed by atoms with Gasteiger partial charge in [0.25, 0.3) is 0 Å². The molecule has 0 aromatic rings. The van der Waals surface area contributed by atoms with Crippen LogP contribution in [-0.4, -0.2) is 48.7 Å². The summed E-state index contributed by atoms with van der Waals surface area (Å²) in [4.78, 5) is 13.0. The van der Waals surface area contributed by atoms with Crippen molar-refractivity contribution in [3.05, 3.63) is 0 Å². The Hall–Kier alpha value is -0.610. The molecule has 4 heteroatoms. The lowest BCUT2D eigenvalue weighted by molar-refractivity contribution is -0.124. The molecule has 1 aliphatic heterocycles. The molecule has 1 aliphatic rings. The second-order valence-electron chi connectivity index (χ2n) is 2.96. The van der Waals surface area contributed by atoms with Crippen LogP contribution in [0.4, 0.5) is 0 Å². The first kappa shape index (κ1) is 8.49. The summed E-state index contributed by atoms with van der Waals surface area (Å²) < 4.78 is 0. The van der Waals surface area contributed by atoms with Crippen LogP contribution < -0.4 is 5.32 Å². The average Bonchev–Trinajstić information content (AvgIpc) is 2.28. The van der Waals surface area contributed by atoms with Crippen molar-refractivity contribution in [3.8, 4) is 0 Å². The van der Waals surface area contributed by atoms with E-state index in [1.807, 2.05) is 11.9 Å². The van der Waals surface area contributed by atoms with Gasteiger partial charge in [-0.15, -0.1) is 0 Å². The molecule has 0 spiro atoms. The highest BCUT2D eigenvalue weighted by atomic mass is 16.3. The van der Waals surface area contributed by atoms with E-state index in [1.165, 1.54) is 0 Å². The molecular formula is C7H14N2O2. The minimum atomic E-state index is -0.345. The van der Waals surface area contributed by atoms with Crippen molar-refractivity contribution in [2.24, 2.45) is 0 Å². The maximum absolute atomic E-state index is 11.1. The number of nitrogens with one attached hydrogen (secondary N) is 1. The summed E-state index contributed by atoms with van der Waals surface area (Å²) in [5, 5.41) is 11.8. The Labute approximate surface area is 66.2 Å². The largest absolute Gasteiger partial charge is 0.392 e. The minimum absolute atomic E-state index is 0.0101. The Morgan fingerprint density at radius 1 is 1.73 bits per heavy atom. The fourth-order valence-corrected chi connectivity index (χ4v) is 1.45. The molecule has 4 nitrogen and oxygen atoms in total. The Balaban J connectivity index is 2.52. The molecule has 2 atom stereocenters. The van der Waals surface area contributed by atoms with E-state index in [4.69, 9.17) is 0 Å². The zero-order chi connectivity index (χ0) is 8.43. The second-order valence-corrected chi connectivity index (χ2v) is 2.96. The van der Waals surface area contributed by atoms with Gasteiger partial charge in [0.05, 0.1) is 12.1 Å². The van der Waals surface area contributed by atoms with Crippen molar-refractivity contribution in [2.75, 3.05) is 20.6 Å². The Morgan fingerprint density at radius 2 is 2.36 bits per heavy atom. The van der Waals surface area contributed by atoms with Crippen molar-refractivity contribution in [1.29, 1.82) is 0 Å². The lowest BCUT2D eigenvalue weighted by atomic mass is 10.2. The molecule has 0 saturated carbocycles. The number of likely N-dealkylation sites (tertiary alicyclic amines) is 1. The molecule has 0 aliphatic carbocycles. The van der Waals surface area contributed by atoms with Crippen LogP contribution in [0.5, 0.6) is 0 Å². The monoisotopic (exact) mass is 158 g/mol. The molecule has 64 valence electrons. The summed E-state index contributed by atoms with van der Waals surface area (Å²) >= 11 is 0. The first-order valence-corrected chi connectivity index (χ1v) is 3.75. The van der Waals surface area contributed by atoms with Gasteiger partial charge in [-0.3, -0.25) is 9.69 Å².